The molecule has 0 radical (unpaired) electrons. The summed E-state index contributed by atoms with van der Waals surface area (Å²) in [5.41, 5.74) is -1.03. The predicted molar refractivity (Wildman–Crippen MR) is 79.7 cm³/mol. The molecule has 0 aliphatic heterocycles. The first kappa shape index (κ1) is 14.0. The van der Waals surface area contributed by atoms with Gasteiger partial charge in [0.2, 0.25) is 0 Å². The average Bonchev–Trinajstić information content (AvgIpc) is 2.70. The van der Waals surface area contributed by atoms with E-state index < -0.39 is 11.1 Å². The van der Waals surface area contributed by atoms with E-state index >= 15 is 0 Å². The molecule has 1 heterocycles. The van der Waals surface area contributed by atoms with Crippen LogP contribution in [0.25, 0.3) is 10.1 Å². The van der Waals surface area contributed by atoms with Crippen molar-refractivity contribution in [1.82, 2.24) is 5.32 Å². The van der Waals surface area contributed by atoms with Crippen molar-refractivity contribution in [1.29, 1.82) is 0 Å². The van der Waals surface area contributed by atoms with Crippen LogP contribution < -0.4 is 5.32 Å². The van der Waals surface area contributed by atoms with Gasteiger partial charge in [-0.25, -0.2) is 0 Å². The lowest BCUT2D eigenvalue weighted by molar-refractivity contribution is -0.00288. The largest absolute Gasteiger partial charge is 0.388 e. The van der Waals surface area contributed by atoms with E-state index in [0.717, 1.165) is 10.1 Å². The fourth-order valence-electron chi connectivity index (χ4n) is 1.66. The standard InChI is InChI=1S/C15H19NO2S/c1-14(2,15(3,4)18)16-13(17)11-9-19-12-8-6-5-7-10(11)12/h5-9,18H,1-4H3,(H,16,17). The van der Waals surface area contributed by atoms with Crippen LogP contribution in [-0.4, -0.2) is 22.2 Å². The van der Waals surface area contributed by atoms with Crippen molar-refractivity contribution >= 4 is 27.3 Å². The number of benzene rings is 1. The van der Waals surface area contributed by atoms with Crippen molar-refractivity contribution in [2.75, 3.05) is 0 Å². The first-order valence-electron chi connectivity index (χ1n) is 6.23. The van der Waals surface area contributed by atoms with E-state index in [2.05, 4.69) is 5.32 Å². The number of nitrogens with one attached hydrogen (secondary N) is 1. The fraction of sp³-hybridized carbons (Fsp3) is 0.400. The fourth-order valence-corrected chi connectivity index (χ4v) is 2.60. The van der Waals surface area contributed by atoms with E-state index in [0.29, 0.717) is 5.56 Å². The van der Waals surface area contributed by atoms with Gasteiger partial charge in [0.25, 0.3) is 5.91 Å². The van der Waals surface area contributed by atoms with Gasteiger partial charge in [-0.15, -0.1) is 11.3 Å². The van der Waals surface area contributed by atoms with E-state index in [9.17, 15) is 9.90 Å². The third kappa shape index (κ3) is 2.65. The monoisotopic (exact) mass is 277 g/mol. The summed E-state index contributed by atoms with van der Waals surface area (Å²) in [5.74, 6) is -0.149. The van der Waals surface area contributed by atoms with Crippen molar-refractivity contribution < 1.29 is 9.90 Å². The van der Waals surface area contributed by atoms with E-state index in [4.69, 9.17) is 0 Å². The topological polar surface area (TPSA) is 49.3 Å². The molecule has 2 N–H and O–H groups in total. The van der Waals surface area contributed by atoms with Crippen molar-refractivity contribution in [2.45, 2.75) is 38.8 Å². The van der Waals surface area contributed by atoms with E-state index in [-0.39, 0.29) is 5.91 Å². The summed E-state index contributed by atoms with van der Waals surface area (Å²) in [6.45, 7) is 7.02. The number of rotatable bonds is 3. The van der Waals surface area contributed by atoms with Gasteiger partial charge in [-0.2, -0.15) is 0 Å². The molecule has 1 aromatic carbocycles. The molecule has 3 nitrogen and oxygen atoms in total. The summed E-state index contributed by atoms with van der Waals surface area (Å²) in [4.78, 5) is 12.4. The second kappa shape index (κ2) is 4.62. The molecule has 0 spiro atoms. The number of carbonyl (C=O) groups excluding carboxylic acids is 1. The van der Waals surface area contributed by atoms with Crippen LogP contribution in [0.1, 0.15) is 38.1 Å². The Hall–Kier alpha value is -1.39. The maximum Gasteiger partial charge on any atom is 0.253 e. The second-order valence-electron chi connectivity index (χ2n) is 5.78. The number of carbonyl (C=O) groups is 1. The molecule has 2 aromatic rings. The third-order valence-corrected chi connectivity index (χ3v) is 4.64. The molecule has 0 fully saturated rings. The molecular formula is C15H19NO2S. The van der Waals surface area contributed by atoms with E-state index in [1.807, 2.05) is 43.5 Å². The van der Waals surface area contributed by atoms with Gasteiger partial charge in [0.15, 0.2) is 0 Å². The number of amides is 1. The molecule has 0 atom stereocenters. The Morgan fingerprint density at radius 1 is 1.21 bits per heavy atom. The van der Waals surface area contributed by atoms with Crippen LogP contribution in [0.4, 0.5) is 0 Å². The van der Waals surface area contributed by atoms with Crippen LogP contribution in [0.5, 0.6) is 0 Å². The van der Waals surface area contributed by atoms with Crippen LogP contribution in [0.2, 0.25) is 0 Å². The zero-order valence-corrected chi connectivity index (χ0v) is 12.5. The van der Waals surface area contributed by atoms with Crippen molar-refractivity contribution in [3.63, 3.8) is 0 Å². The molecule has 0 saturated carbocycles. The number of hydrogen-bond acceptors (Lipinski definition) is 3. The predicted octanol–water partition coefficient (Wildman–Crippen LogP) is 3.18. The first-order chi connectivity index (χ1) is 8.72. The molecule has 2 rings (SSSR count). The Balaban J connectivity index is 2.31. The highest BCUT2D eigenvalue weighted by atomic mass is 32.1. The van der Waals surface area contributed by atoms with Gasteiger partial charge in [0.05, 0.1) is 16.7 Å². The summed E-state index contributed by atoms with van der Waals surface area (Å²) in [7, 11) is 0. The Kier molecular flexibility index (Phi) is 3.41. The van der Waals surface area contributed by atoms with Crippen molar-refractivity contribution in [3.8, 4) is 0 Å². The summed E-state index contributed by atoms with van der Waals surface area (Å²) < 4.78 is 1.09. The third-order valence-electron chi connectivity index (χ3n) is 3.68. The van der Waals surface area contributed by atoms with Gasteiger partial charge in [-0.1, -0.05) is 18.2 Å². The van der Waals surface area contributed by atoms with Crippen LogP contribution in [-0.2, 0) is 0 Å². The molecule has 0 unspecified atom stereocenters. The van der Waals surface area contributed by atoms with Gasteiger partial charge in [-0.05, 0) is 33.8 Å². The lowest BCUT2D eigenvalue weighted by Crippen LogP contribution is -2.57. The molecule has 0 aliphatic rings. The molecule has 0 bridgehead atoms. The molecule has 0 saturated heterocycles. The number of aliphatic hydroxyl groups is 1. The molecule has 1 amide bonds. The molecule has 4 heteroatoms. The highest BCUT2D eigenvalue weighted by Gasteiger charge is 2.36. The second-order valence-corrected chi connectivity index (χ2v) is 6.69. The summed E-state index contributed by atoms with van der Waals surface area (Å²) in [5, 5.41) is 15.8. The highest BCUT2D eigenvalue weighted by molar-refractivity contribution is 7.17. The lowest BCUT2D eigenvalue weighted by Gasteiger charge is -2.37. The first-order valence-corrected chi connectivity index (χ1v) is 7.11. The van der Waals surface area contributed by atoms with Gasteiger partial charge >= 0.3 is 0 Å². The van der Waals surface area contributed by atoms with Crippen molar-refractivity contribution in [2.24, 2.45) is 0 Å². The summed E-state index contributed by atoms with van der Waals surface area (Å²) in [6, 6.07) is 7.82. The van der Waals surface area contributed by atoms with Crippen LogP contribution >= 0.6 is 11.3 Å². The Bertz CT molecular complexity index is 608. The molecular weight excluding hydrogens is 258 g/mol. The number of thiophene rings is 1. The zero-order valence-electron chi connectivity index (χ0n) is 11.7. The van der Waals surface area contributed by atoms with Gasteiger partial charge in [0.1, 0.15) is 0 Å². The molecule has 0 aliphatic carbocycles. The molecule has 19 heavy (non-hydrogen) atoms. The maximum atomic E-state index is 12.4. The molecule has 102 valence electrons. The normalized spacial score (nSPS) is 12.7. The van der Waals surface area contributed by atoms with Crippen LogP contribution in [0, 0.1) is 0 Å². The van der Waals surface area contributed by atoms with E-state index in [1.165, 1.54) is 0 Å². The number of fused-ring (bicyclic) bond motifs is 1. The quantitative estimate of drug-likeness (QED) is 0.905. The van der Waals surface area contributed by atoms with Gasteiger partial charge < -0.3 is 10.4 Å². The Labute approximate surface area is 117 Å². The average molecular weight is 277 g/mol. The minimum Gasteiger partial charge on any atom is -0.388 e. The number of hydrogen-bond donors (Lipinski definition) is 2. The van der Waals surface area contributed by atoms with Crippen molar-refractivity contribution in [3.05, 3.63) is 35.2 Å². The van der Waals surface area contributed by atoms with Gasteiger partial charge in [-0.3, -0.25) is 4.79 Å². The minimum absolute atomic E-state index is 0.149. The Morgan fingerprint density at radius 3 is 2.47 bits per heavy atom. The maximum absolute atomic E-state index is 12.4. The van der Waals surface area contributed by atoms with Gasteiger partial charge in [0, 0.05) is 15.5 Å². The minimum atomic E-state index is -0.992. The molecule has 1 aromatic heterocycles. The lowest BCUT2D eigenvalue weighted by atomic mass is 9.85. The zero-order chi connectivity index (χ0) is 14.3. The SMILES string of the molecule is CC(C)(O)C(C)(C)NC(=O)c1csc2ccccc12. The highest BCUT2D eigenvalue weighted by Crippen LogP contribution is 2.27. The van der Waals surface area contributed by atoms with Crippen LogP contribution in [0.3, 0.4) is 0 Å². The smallest absolute Gasteiger partial charge is 0.253 e. The van der Waals surface area contributed by atoms with Crippen LogP contribution in [0.15, 0.2) is 29.6 Å². The Morgan fingerprint density at radius 2 is 1.84 bits per heavy atom. The van der Waals surface area contributed by atoms with E-state index in [1.54, 1.807) is 25.2 Å². The summed E-state index contributed by atoms with van der Waals surface area (Å²) >= 11 is 1.55. The summed E-state index contributed by atoms with van der Waals surface area (Å²) in [6.07, 6.45) is 0.